The van der Waals surface area contributed by atoms with Gasteiger partial charge in [0.1, 0.15) is 0 Å². The monoisotopic (exact) mass is 418 g/mol. The summed E-state index contributed by atoms with van der Waals surface area (Å²) in [6.45, 7) is 0.219. The minimum Gasteiger partial charge on any atom is -0.347 e. The summed E-state index contributed by atoms with van der Waals surface area (Å²) in [6.07, 6.45) is 3.74. The Hall–Kier alpha value is -2.19. The minimum absolute atomic E-state index is 0.0526. The molecule has 0 bridgehead atoms. The molecule has 1 N–H and O–H groups in total. The van der Waals surface area contributed by atoms with E-state index in [1.54, 1.807) is 36.3 Å². The molecule has 0 saturated heterocycles. The van der Waals surface area contributed by atoms with Gasteiger partial charge in [0.15, 0.2) is 0 Å². The maximum atomic E-state index is 11.9. The second-order valence-electron chi connectivity index (χ2n) is 5.05. The van der Waals surface area contributed by atoms with E-state index < -0.39 is 0 Å². The van der Waals surface area contributed by atoms with Gasteiger partial charge in [-0.3, -0.25) is 9.78 Å². The molecule has 0 aliphatic heterocycles. The molecule has 2 heterocycles. The van der Waals surface area contributed by atoms with E-state index in [4.69, 9.17) is 4.52 Å². The number of amides is 1. The number of rotatable bonds is 7. The number of carbonyl (C=O) groups is 1. The summed E-state index contributed by atoms with van der Waals surface area (Å²) in [4.78, 5) is 21.3. The summed E-state index contributed by atoms with van der Waals surface area (Å²) >= 11 is 5.13. The Bertz CT molecular complexity index is 841. The second kappa shape index (κ2) is 8.77. The van der Waals surface area contributed by atoms with E-state index in [-0.39, 0.29) is 12.5 Å². The number of nitrogens with one attached hydrogen (secondary N) is 1. The summed E-state index contributed by atoms with van der Waals surface area (Å²) < 4.78 is 6.19. The normalized spacial score (nSPS) is 10.6. The number of benzene rings is 1. The lowest BCUT2D eigenvalue weighted by Crippen LogP contribution is -2.23. The van der Waals surface area contributed by atoms with E-state index in [0.717, 1.165) is 14.9 Å². The highest BCUT2D eigenvalue weighted by atomic mass is 79.9. The lowest BCUT2D eigenvalue weighted by atomic mass is 10.2. The molecule has 8 heteroatoms. The zero-order valence-electron chi connectivity index (χ0n) is 13.2. The highest BCUT2D eigenvalue weighted by Crippen LogP contribution is 2.27. The average molecular weight is 419 g/mol. The molecular weight excluding hydrogens is 404 g/mol. The zero-order valence-corrected chi connectivity index (χ0v) is 15.6. The number of halogens is 1. The molecule has 0 radical (unpaired) electrons. The molecular formula is C17H15BrN4O2S. The number of hydrogen-bond donors (Lipinski definition) is 1. The number of pyridine rings is 1. The van der Waals surface area contributed by atoms with Crippen LogP contribution in [0.5, 0.6) is 0 Å². The molecule has 0 saturated carbocycles. The van der Waals surface area contributed by atoms with Gasteiger partial charge in [0.05, 0.1) is 6.54 Å². The van der Waals surface area contributed by atoms with Crippen LogP contribution in [0.2, 0.25) is 0 Å². The van der Waals surface area contributed by atoms with Crippen LogP contribution in [0.1, 0.15) is 12.3 Å². The molecule has 0 unspecified atom stereocenters. The lowest BCUT2D eigenvalue weighted by Gasteiger charge is -2.04. The molecule has 0 spiro atoms. The number of nitrogens with zero attached hydrogens (tertiary/aromatic N) is 3. The molecule has 3 rings (SSSR count). The molecule has 1 amide bonds. The first-order chi connectivity index (χ1) is 12.2. The van der Waals surface area contributed by atoms with Gasteiger partial charge in [-0.25, -0.2) is 0 Å². The van der Waals surface area contributed by atoms with Crippen molar-refractivity contribution in [3.63, 3.8) is 0 Å². The standard InChI is InChI=1S/C17H15BrN4O2S/c18-13-3-1-2-4-14(13)25-10-7-15(23)20-11-16-21-17(22-24-16)12-5-8-19-9-6-12/h1-6,8-9H,7,10-11H2,(H,20,23). The van der Waals surface area contributed by atoms with E-state index >= 15 is 0 Å². The van der Waals surface area contributed by atoms with E-state index in [0.29, 0.717) is 23.9 Å². The Morgan fingerprint density at radius 1 is 1.20 bits per heavy atom. The molecule has 0 aliphatic rings. The van der Waals surface area contributed by atoms with Gasteiger partial charge in [-0.05, 0) is 40.2 Å². The highest BCUT2D eigenvalue weighted by molar-refractivity contribution is 9.10. The number of thioether (sulfide) groups is 1. The maximum Gasteiger partial charge on any atom is 0.246 e. The van der Waals surface area contributed by atoms with E-state index in [2.05, 4.69) is 36.4 Å². The number of aromatic nitrogens is 3. The Morgan fingerprint density at radius 2 is 2.00 bits per heavy atom. The first-order valence-corrected chi connectivity index (χ1v) is 9.37. The van der Waals surface area contributed by atoms with Gasteiger partial charge in [0.2, 0.25) is 17.6 Å². The predicted molar refractivity (Wildman–Crippen MR) is 98.9 cm³/mol. The van der Waals surface area contributed by atoms with Crippen LogP contribution in [0.15, 0.2) is 62.7 Å². The van der Waals surface area contributed by atoms with Crippen molar-refractivity contribution >= 4 is 33.6 Å². The van der Waals surface area contributed by atoms with Crippen LogP contribution in [0.3, 0.4) is 0 Å². The molecule has 25 heavy (non-hydrogen) atoms. The molecule has 0 fully saturated rings. The van der Waals surface area contributed by atoms with Crippen LogP contribution >= 0.6 is 27.7 Å². The molecule has 0 aliphatic carbocycles. The van der Waals surface area contributed by atoms with Crippen molar-refractivity contribution in [2.45, 2.75) is 17.9 Å². The summed E-state index contributed by atoms with van der Waals surface area (Å²) in [5.74, 6) is 1.50. The Labute approximate surface area is 157 Å². The van der Waals surface area contributed by atoms with Crippen LogP contribution in [0, 0.1) is 0 Å². The van der Waals surface area contributed by atoms with Crippen molar-refractivity contribution in [3.05, 3.63) is 59.2 Å². The van der Waals surface area contributed by atoms with Crippen LogP contribution in [0.4, 0.5) is 0 Å². The molecule has 3 aromatic rings. The molecule has 0 atom stereocenters. The smallest absolute Gasteiger partial charge is 0.246 e. The fourth-order valence-corrected chi connectivity index (χ4v) is 3.54. The summed E-state index contributed by atoms with van der Waals surface area (Å²) in [5, 5.41) is 6.69. The Kier molecular flexibility index (Phi) is 6.19. The van der Waals surface area contributed by atoms with Crippen molar-refractivity contribution in [2.75, 3.05) is 5.75 Å². The van der Waals surface area contributed by atoms with Crippen LogP contribution < -0.4 is 5.32 Å². The van der Waals surface area contributed by atoms with Crippen molar-refractivity contribution in [1.82, 2.24) is 20.4 Å². The van der Waals surface area contributed by atoms with Crippen molar-refractivity contribution in [2.24, 2.45) is 0 Å². The van der Waals surface area contributed by atoms with Crippen molar-refractivity contribution in [3.8, 4) is 11.4 Å². The van der Waals surface area contributed by atoms with Crippen LogP contribution in [0.25, 0.3) is 11.4 Å². The topological polar surface area (TPSA) is 80.9 Å². The van der Waals surface area contributed by atoms with Gasteiger partial charge in [-0.15, -0.1) is 11.8 Å². The fraction of sp³-hybridized carbons (Fsp3) is 0.176. The van der Waals surface area contributed by atoms with E-state index in [1.165, 1.54) is 0 Å². The molecule has 1 aromatic carbocycles. The number of hydrogen-bond acceptors (Lipinski definition) is 6. The van der Waals surface area contributed by atoms with Crippen molar-refractivity contribution < 1.29 is 9.32 Å². The van der Waals surface area contributed by atoms with Gasteiger partial charge >= 0.3 is 0 Å². The zero-order chi connectivity index (χ0) is 17.5. The Morgan fingerprint density at radius 3 is 2.80 bits per heavy atom. The third-order valence-electron chi connectivity index (χ3n) is 3.27. The molecule has 6 nitrogen and oxygen atoms in total. The fourth-order valence-electron chi connectivity index (χ4n) is 2.02. The SMILES string of the molecule is O=C(CCSc1ccccc1Br)NCc1nc(-c2ccncc2)no1. The first-order valence-electron chi connectivity index (χ1n) is 7.59. The van der Waals surface area contributed by atoms with Gasteiger partial charge in [0, 0.05) is 39.5 Å². The third-order valence-corrected chi connectivity index (χ3v) is 5.30. The highest BCUT2D eigenvalue weighted by Gasteiger charge is 2.10. The van der Waals surface area contributed by atoms with Crippen LogP contribution in [-0.2, 0) is 11.3 Å². The van der Waals surface area contributed by atoms with Gasteiger partial charge in [-0.2, -0.15) is 4.98 Å². The quantitative estimate of drug-likeness (QED) is 0.589. The Balaban J connectivity index is 1.44. The summed E-state index contributed by atoms with van der Waals surface area (Å²) in [6, 6.07) is 11.5. The molecule has 128 valence electrons. The van der Waals surface area contributed by atoms with Gasteiger partial charge in [-0.1, -0.05) is 17.3 Å². The number of carbonyl (C=O) groups excluding carboxylic acids is 1. The third kappa shape index (κ3) is 5.14. The van der Waals surface area contributed by atoms with E-state index in [1.807, 2.05) is 24.3 Å². The molecule has 2 aromatic heterocycles. The van der Waals surface area contributed by atoms with Gasteiger partial charge < -0.3 is 9.84 Å². The average Bonchev–Trinajstić information content (AvgIpc) is 3.11. The van der Waals surface area contributed by atoms with Gasteiger partial charge in [0.25, 0.3) is 0 Å². The summed E-state index contributed by atoms with van der Waals surface area (Å²) in [7, 11) is 0. The lowest BCUT2D eigenvalue weighted by molar-refractivity contribution is -0.120. The first kappa shape index (κ1) is 17.6. The van der Waals surface area contributed by atoms with Crippen LogP contribution in [-0.4, -0.2) is 26.8 Å². The predicted octanol–water partition coefficient (Wildman–Crippen LogP) is 3.69. The second-order valence-corrected chi connectivity index (χ2v) is 7.04. The largest absolute Gasteiger partial charge is 0.347 e. The summed E-state index contributed by atoms with van der Waals surface area (Å²) in [5.41, 5.74) is 0.821. The van der Waals surface area contributed by atoms with E-state index in [9.17, 15) is 4.79 Å². The van der Waals surface area contributed by atoms with Crippen molar-refractivity contribution in [1.29, 1.82) is 0 Å². The maximum absolute atomic E-state index is 11.9. The minimum atomic E-state index is -0.0526.